The van der Waals surface area contributed by atoms with E-state index in [2.05, 4.69) is 25.1 Å². The van der Waals surface area contributed by atoms with E-state index in [9.17, 15) is 4.79 Å². The molecule has 1 aromatic carbocycles. The summed E-state index contributed by atoms with van der Waals surface area (Å²) in [6.45, 7) is 5.51. The van der Waals surface area contributed by atoms with Gasteiger partial charge in [0.15, 0.2) is 0 Å². The van der Waals surface area contributed by atoms with Gasteiger partial charge < -0.3 is 4.90 Å². The van der Waals surface area contributed by atoms with Gasteiger partial charge in [-0.1, -0.05) is 29.8 Å². The van der Waals surface area contributed by atoms with E-state index in [1.165, 1.54) is 11.1 Å². The van der Waals surface area contributed by atoms with Crippen LogP contribution in [0.25, 0.3) is 0 Å². The molecule has 0 spiro atoms. The third-order valence-electron chi connectivity index (χ3n) is 2.71. The van der Waals surface area contributed by atoms with E-state index < -0.39 is 0 Å². The summed E-state index contributed by atoms with van der Waals surface area (Å²) in [5, 5.41) is 0. The van der Waals surface area contributed by atoms with Crippen LogP contribution in [0.5, 0.6) is 0 Å². The van der Waals surface area contributed by atoms with Crippen LogP contribution < -0.4 is 0 Å². The molecule has 0 saturated heterocycles. The van der Waals surface area contributed by atoms with Crippen LogP contribution >= 0.6 is 11.6 Å². The first kappa shape index (κ1) is 14.0. The van der Waals surface area contributed by atoms with Gasteiger partial charge in [0.1, 0.15) is 0 Å². The molecule has 0 unspecified atom stereocenters. The Morgan fingerprint density at radius 3 is 2.76 bits per heavy atom. The number of aryl methyl sites for hydroxylation is 1. The van der Waals surface area contributed by atoms with E-state index in [-0.39, 0.29) is 5.91 Å². The minimum atomic E-state index is 0.189. The summed E-state index contributed by atoms with van der Waals surface area (Å²) in [5.41, 5.74) is 2.41. The second-order valence-electron chi connectivity index (χ2n) is 4.19. The van der Waals surface area contributed by atoms with Gasteiger partial charge in [0.25, 0.3) is 0 Å². The molecule has 0 aliphatic heterocycles. The highest BCUT2D eigenvalue weighted by Crippen LogP contribution is 2.09. The number of halogens is 1. The Morgan fingerprint density at radius 1 is 1.41 bits per heavy atom. The lowest BCUT2D eigenvalue weighted by Gasteiger charge is -2.21. The molecule has 0 atom stereocenters. The fourth-order valence-corrected chi connectivity index (χ4v) is 1.92. The topological polar surface area (TPSA) is 20.3 Å². The Hall–Kier alpha value is -1.02. The highest BCUT2D eigenvalue weighted by atomic mass is 35.5. The molecule has 0 saturated carbocycles. The fourth-order valence-electron chi connectivity index (χ4n) is 1.78. The van der Waals surface area contributed by atoms with Gasteiger partial charge in [0.05, 0.1) is 0 Å². The number of nitrogens with zero attached hydrogens (tertiary/aromatic N) is 1. The maximum atomic E-state index is 11.9. The number of hydrogen-bond donors (Lipinski definition) is 0. The van der Waals surface area contributed by atoms with Crippen LogP contribution in [0.1, 0.15) is 30.9 Å². The quantitative estimate of drug-likeness (QED) is 0.712. The van der Waals surface area contributed by atoms with Crippen molar-refractivity contribution in [3.8, 4) is 0 Å². The van der Waals surface area contributed by atoms with E-state index in [1.807, 2.05) is 17.9 Å². The SMILES string of the molecule is CCN(Cc1cccc(C)c1)C(=O)CCCCl. The van der Waals surface area contributed by atoms with E-state index in [4.69, 9.17) is 11.6 Å². The lowest BCUT2D eigenvalue weighted by atomic mass is 10.1. The Morgan fingerprint density at radius 2 is 2.18 bits per heavy atom. The Bertz CT molecular complexity index is 365. The first-order valence-corrected chi connectivity index (χ1v) is 6.60. The summed E-state index contributed by atoms with van der Waals surface area (Å²) >= 11 is 5.60. The zero-order valence-corrected chi connectivity index (χ0v) is 11.3. The molecule has 0 fully saturated rings. The van der Waals surface area contributed by atoms with Crippen molar-refractivity contribution in [3.05, 3.63) is 35.4 Å². The van der Waals surface area contributed by atoms with Crippen LogP contribution in [0.2, 0.25) is 0 Å². The molecule has 0 radical (unpaired) electrons. The lowest BCUT2D eigenvalue weighted by molar-refractivity contribution is -0.131. The van der Waals surface area contributed by atoms with Crippen LogP contribution in [0.4, 0.5) is 0 Å². The van der Waals surface area contributed by atoms with Gasteiger partial charge in [-0.15, -0.1) is 11.6 Å². The molecule has 94 valence electrons. The van der Waals surface area contributed by atoms with Crippen molar-refractivity contribution in [1.29, 1.82) is 0 Å². The second-order valence-corrected chi connectivity index (χ2v) is 4.57. The van der Waals surface area contributed by atoms with Crippen LogP contribution in [-0.4, -0.2) is 23.2 Å². The third-order valence-corrected chi connectivity index (χ3v) is 2.98. The number of carbonyl (C=O) groups excluding carboxylic acids is 1. The van der Waals surface area contributed by atoms with Crippen molar-refractivity contribution in [2.24, 2.45) is 0 Å². The van der Waals surface area contributed by atoms with E-state index >= 15 is 0 Å². The number of hydrogen-bond acceptors (Lipinski definition) is 1. The zero-order valence-electron chi connectivity index (χ0n) is 10.6. The largest absolute Gasteiger partial charge is 0.339 e. The van der Waals surface area contributed by atoms with Gasteiger partial charge in [0.2, 0.25) is 5.91 Å². The highest BCUT2D eigenvalue weighted by Gasteiger charge is 2.11. The van der Waals surface area contributed by atoms with Gasteiger partial charge >= 0.3 is 0 Å². The predicted molar refractivity (Wildman–Crippen MR) is 72.2 cm³/mol. The van der Waals surface area contributed by atoms with Gasteiger partial charge in [-0.3, -0.25) is 4.79 Å². The first-order chi connectivity index (χ1) is 8.17. The zero-order chi connectivity index (χ0) is 12.7. The fraction of sp³-hybridized carbons (Fsp3) is 0.500. The van der Waals surface area contributed by atoms with Crippen molar-refractivity contribution in [3.63, 3.8) is 0 Å². The monoisotopic (exact) mass is 253 g/mol. The van der Waals surface area contributed by atoms with Crippen LogP contribution in [-0.2, 0) is 11.3 Å². The maximum absolute atomic E-state index is 11.9. The first-order valence-electron chi connectivity index (χ1n) is 6.06. The Labute approximate surface area is 109 Å². The van der Waals surface area contributed by atoms with Crippen molar-refractivity contribution < 1.29 is 4.79 Å². The number of carbonyl (C=O) groups is 1. The van der Waals surface area contributed by atoms with Crippen molar-refractivity contribution in [1.82, 2.24) is 4.90 Å². The molecule has 1 rings (SSSR count). The minimum Gasteiger partial charge on any atom is -0.339 e. The molecule has 0 bridgehead atoms. The van der Waals surface area contributed by atoms with Gasteiger partial charge in [0, 0.05) is 25.4 Å². The average molecular weight is 254 g/mol. The molecule has 17 heavy (non-hydrogen) atoms. The summed E-state index contributed by atoms with van der Waals surface area (Å²) in [4.78, 5) is 13.8. The molecule has 0 aliphatic rings. The molecule has 1 aromatic rings. The molecule has 1 amide bonds. The second kappa shape index (κ2) is 7.33. The standard InChI is InChI=1S/C14H20ClNO/c1-3-16(14(17)8-5-9-15)11-13-7-4-6-12(2)10-13/h4,6-7,10H,3,5,8-9,11H2,1-2H3. The highest BCUT2D eigenvalue weighted by molar-refractivity contribution is 6.17. The molecule has 0 N–H and O–H groups in total. The number of rotatable bonds is 6. The van der Waals surface area contributed by atoms with Crippen molar-refractivity contribution in [2.45, 2.75) is 33.2 Å². The van der Waals surface area contributed by atoms with E-state index in [0.717, 1.165) is 13.0 Å². The predicted octanol–water partition coefficient (Wildman–Crippen LogP) is 3.36. The molecule has 0 aromatic heterocycles. The van der Waals surface area contributed by atoms with E-state index in [0.29, 0.717) is 18.8 Å². The van der Waals surface area contributed by atoms with Crippen LogP contribution in [0.15, 0.2) is 24.3 Å². The van der Waals surface area contributed by atoms with E-state index in [1.54, 1.807) is 0 Å². The van der Waals surface area contributed by atoms with Gasteiger partial charge in [-0.25, -0.2) is 0 Å². The normalized spacial score (nSPS) is 10.3. The molecule has 0 heterocycles. The van der Waals surface area contributed by atoms with Crippen LogP contribution in [0.3, 0.4) is 0 Å². The number of amides is 1. The lowest BCUT2D eigenvalue weighted by Crippen LogP contribution is -2.30. The molecule has 2 nitrogen and oxygen atoms in total. The van der Waals surface area contributed by atoms with Crippen LogP contribution in [0, 0.1) is 6.92 Å². The molecular weight excluding hydrogens is 234 g/mol. The Kier molecular flexibility index (Phi) is 6.06. The maximum Gasteiger partial charge on any atom is 0.222 e. The summed E-state index contributed by atoms with van der Waals surface area (Å²) in [6, 6.07) is 8.28. The third kappa shape index (κ3) is 4.78. The summed E-state index contributed by atoms with van der Waals surface area (Å²) in [7, 11) is 0. The average Bonchev–Trinajstić information content (AvgIpc) is 2.33. The summed E-state index contributed by atoms with van der Waals surface area (Å²) in [5.74, 6) is 0.739. The number of benzene rings is 1. The number of alkyl halides is 1. The summed E-state index contributed by atoms with van der Waals surface area (Å²) in [6.07, 6.45) is 1.30. The van der Waals surface area contributed by atoms with Gasteiger partial charge in [-0.05, 0) is 25.8 Å². The van der Waals surface area contributed by atoms with Crippen molar-refractivity contribution >= 4 is 17.5 Å². The van der Waals surface area contributed by atoms with Crippen molar-refractivity contribution in [2.75, 3.05) is 12.4 Å². The summed E-state index contributed by atoms with van der Waals surface area (Å²) < 4.78 is 0. The smallest absolute Gasteiger partial charge is 0.222 e. The molecule has 3 heteroatoms. The Balaban J connectivity index is 2.60. The molecule has 0 aliphatic carbocycles. The minimum absolute atomic E-state index is 0.189. The van der Waals surface area contributed by atoms with Gasteiger partial charge in [-0.2, -0.15) is 0 Å². The molecular formula is C14H20ClNO.